The van der Waals surface area contributed by atoms with Crippen molar-refractivity contribution in [1.29, 1.82) is 0 Å². The molecule has 0 fully saturated rings. The summed E-state index contributed by atoms with van der Waals surface area (Å²) >= 11 is 0. The van der Waals surface area contributed by atoms with E-state index in [9.17, 15) is 4.39 Å². The minimum absolute atomic E-state index is 0.131. The van der Waals surface area contributed by atoms with Gasteiger partial charge in [-0.15, -0.1) is 0 Å². The van der Waals surface area contributed by atoms with E-state index in [4.69, 9.17) is 9.47 Å². The van der Waals surface area contributed by atoms with Crippen LogP contribution in [0.1, 0.15) is 37.5 Å². The van der Waals surface area contributed by atoms with Crippen molar-refractivity contribution in [3.63, 3.8) is 0 Å². The van der Waals surface area contributed by atoms with Crippen LogP contribution in [0, 0.1) is 5.82 Å². The summed E-state index contributed by atoms with van der Waals surface area (Å²) in [5, 5.41) is 3.61. The Morgan fingerprint density at radius 2 is 1.68 bits per heavy atom. The molecule has 0 aliphatic carbocycles. The zero-order chi connectivity index (χ0) is 22.0. The number of allylic oxidation sites excluding steroid dienone is 1. The van der Waals surface area contributed by atoms with E-state index in [-0.39, 0.29) is 11.4 Å². The standard InChI is InChI=1S/C27H28FNO2/c1-18-15-27(2,3)29-24-13-12-21(22-11-10-20(28)14-25(22)30-4)23(26(18)24)17-31-16-19-8-6-5-7-9-19/h5-15,29H,16-17H2,1-4H3. The molecule has 0 radical (unpaired) electrons. The Morgan fingerprint density at radius 1 is 0.935 bits per heavy atom. The summed E-state index contributed by atoms with van der Waals surface area (Å²) in [6, 6.07) is 19.0. The summed E-state index contributed by atoms with van der Waals surface area (Å²) in [5.41, 5.74) is 7.30. The van der Waals surface area contributed by atoms with E-state index >= 15 is 0 Å². The predicted octanol–water partition coefficient (Wildman–Crippen LogP) is 6.83. The van der Waals surface area contributed by atoms with Crippen LogP contribution in [-0.4, -0.2) is 12.6 Å². The van der Waals surface area contributed by atoms with Crippen LogP contribution in [0.4, 0.5) is 10.1 Å². The largest absolute Gasteiger partial charge is 0.496 e. The maximum absolute atomic E-state index is 13.8. The van der Waals surface area contributed by atoms with E-state index in [0.29, 0.717) is 19.0 Å². The molecule has 0 amide bonds. The monoisotopic (exact) mass is 417 g/mol. The molecule has 160 valence electrons. The first-order valence-corrected chi connectivity index (χ1v) is 10.5. The molecule has 0 unspecified atom stereocenters. The van der Waals surface area contributed by atoms with E-state index in [1.165, 1.54) is 17.7 Å². The van der Waals surface area contributed by atoms with E-state index < -0.39 is 0 Å². The second kappa shape index (κ2) is 8.56. The Labute approximate surface area is 183 Å². The van der Waals surface area contributed by atoms with Crippen molar-refractivity contribution in [3.05, 3.63) is 89.2 Å². The lowest BCUT2D eigenvalue weighted by Gasteiger charge is -2.33. The molecule has 3 aromatic rings. The van der Waals surface area contributed by atoms with E-state index in [1.807, 2.05) is 18.2 Å². The van der Waals surface area contributed by atoms with Crippen LogP contribution >= 0.6 is 0 Å². The molecular weight excluding hydrogens is 389 g/mol. The topological polar surface area (TPSA) is 30.5 Å². The molecule has 0 bridgehead atoms. The highest BCUT2D eigenvalue weighted by Crippen LogP contribution is 2.42. The number of halogens is 1. The lowest BCUT2D eigenvalue weighted by atomic mass is 9.85. The number of rotatable bonds is 6. The van der Waals surface area contributed by atoms with Crippen molar-refractivity contribution in [2.24, 2.45) is 0 Å². The Hall–Kier alpha value is -3.11. The summed E-state index contributed by atoms with van der Waals surface area (Å²) in [6.07, 6.45) is 2.24. The van der Waals surface area contributed by atoms with Gasteiger partial charge in [0.2, 0.25) is 0 Å². The molecule has 0 saturated carbocycles. The third-order valence-electron chi connectivity index (χ3n) is 5.55. The maximum atomic E-state index is 13.8. The number of fused-ring (bicyclic) bond motifs is 1. The Bertz CT molecular complexity index is 1120. The van der Waals surface area contributed by atoms with Crippen molar-refractivity contribution >= 4 is 11.3 Å². The van der Waals surface area contributed by atoms with Gasteiger partial charge in [-0.25, -0.2) is 4.39 Å². The first kappa shape index (κ1) is 21.1. The average molecular weight is 418 g/mol. The number of ether oxygens (including phenoxy) is 2. The summed E-state index contributed by atoms with van der Waals surface area (Å²) in [5.74, 6) is 0.190. The van der Waals surface area contributed by atoms with Gasteiger partial charge in [0, 0.05) is 22.9 Å². The number of methoxy groups -OCH3 is 1. The van der Waals surface area contributed by atoms with Gasteiger partial charge < -0.3 is 14.8 Å². The van der Waals surface area contributed by atoms with Gasteiger partial charge in [-0.2, -0.15) is 0 Å². The van der Waals surface area contributed by atoms with Crippen LogP contribution in [0.25, 0.3) is 16.7 Å². The lowest BCUT2D eigenvalue weighted by molar-refractivity contribution is 0.107. The van der Waals surface area contributed by atoms with Gasteiger partial charge in [-0.1, -0.05) is 42.5 Å². The number of nitrogens with one attached hydrogen (secondary N) is 1. The van der Waals surface area contributed by atoms with Crippen LogP contribution < -0.4 is 10.1 Å². The average Bonchev–Trinajstić information content (AvgIpc) is 2.73. The lowest BCUT2D eigenvalue weighted by Crippen LogP contribution is -2.32. The van der Waals surface area contributed by atoms with Crippen LogP contribution in [0.15, 0.2) is 66.7 Å². The van der Waals surface area contributed by atoms with Crippen molar-refractivity contribution in [1.82, 2.24) is 0 Å². The van der Waals surface area contributed by atoms with Gasteiger partial charge in [-0.05, 0) is 61.2 Å². The Balaban J connectivity index is 1.79. The van der Waals surface area contributed by atoms with Gasteiger partial charge in [0.15, 0.2) is 0 Å². The normalized spacial score (nSPS) is 14.4. The van der Waals surface area contributed by atoms with Crippen LogP contribution in [0.3, 0.4) is 0 Å². The van der Waals surface area contributed by atoms with E-state index in [2.05, 4.69) is 56.4 Å². The van der Waals surface area contributed by atoms with E-state index in [1.54, 1.807) is 13.2 Å². The van der Waals surface area contributed by atoms with Gasteiger partial charge >= 0.3 is 0 Å². The number of benzene rings is 3. The van der Waals surface area contributed by atoms with Gasteiger partial charge in [0.1, 0.15) is 11.6 Å². The molecule has 0 aromatic heterocycles. The van der Waals surface area contributed by atoms with Crippen molar-refractivity contribution < 1.29 is 13.9 Å². The molecule has 1 N–H and O–H groups in total. The molecule has 4 heteroatoms. The highest BCUT2D eigenvalue weighted by molar-refractivity contribution is 5.88. The fraction of sp³-hybridized carbons (Fsp3) is 0.259. The Kier molecular flexibility index (Phi) is 5.84. The number of hydrogen-bond acceptors (Lipinski definition) is 3. The SMILES string of the molecule is COc1cc(F)ccc1-c1ccc2c(c1COCc1ccccc1)C(C)=CC(C)(C)N2. The molecule has 0 spiro atoms. The highest BCUT2D eigenvalue weighted by atomic mass is 19.1. The summed E-state index contributed by atoms with van der Waals surface area (Å²) < 4.78 is 25.5. The molecule has 3 nitrogen and oxygen atoms in total. The smallest absolute Gasteiger partial charge is 0.129 e. The molecule has 0 saturated heterocycles. The Morgan fingerprint density at radius 3 is 2.42 bits per heavy atom. The van der Waals surface area contributed by atoms with Gasteiger partial charge in [0.25, 0.3) is 0 Å². The number of anilines is 1. The highest BCUT2D eigenvalue weighted by Gasteiger charge is 2.26. The van der Waals surface area contributed by atoms with Crippen molar-refractivity contribution in [3.8, 4) is 16.9 Å². The molecule has 4 rings (SSSR count). The van der Waals surface area contributed by atoms with Crippen molar-refractivity contribution in [2.45, 2.75) is 39.5 Å². The summed E-state index contributed by atoms with van der Waals surface area (Å²) in [6.45, 7) is 7.39. The summed E-state index contributed by atoms with van der Waals surface area (Å²) in [4.78, 5) is 0. The first-order chi connectivity index (χ1) is 14.9. The molecule has 1 aliphatic heterocycles. The molecule has 0 atom stereocenters. The third kappa shape index (κ3) is 4.49. The zero-order valence-corrected chi connectivity index (χ0v) is 18.5. The second-order valence-corrected chi connectivity index (χ2v) is 8.51. The fourth-order valence-corrected chi connectivity index (χ4v) is 4.33. The molecular formula is C27H28FNO2. The van der Waals surface area contributed by atoms with Crippen LogP contribution in [-0.2, 0) is 18.0 Å². The molecule has 1 heterocycles. The van der Waals surface area contributed by atoms with Gasteiger partial charge in [-0.3, -0.25) is 0 Å². The minimum Gasteiger partial charge on any atom is -0.496 e. The van der Waals surface area contributed by atoms with Gasteiger partial charge in [0.05, 0.1) is 25.9 Å². The van der Waals surface area contributed by atoms with Crippen LogP contribution in [0.5, 0.6) is 5.75 Å². The predicted molar refractivity (Wildman–Crippen MR) is 125 cm³/mol. The minimum atomic E-state index is -0.320. The fourth-order valence-electron chi connectivity index (χ4n) is 4.33. The number of hydrogen-bond donors (Lipinski definition) is 1. The van der Waals surface area contributed by atoms with E-state index in [0.717, 1.165) is 33.5 Å². The molecule has 1 aliphatic rings. The second-order valence-electron chi connectivity index (χ2n) is 8.51. The van der Waals surface area contributed by atoms with Crippen molar-refractivity contribution in [2.75, 3.05) is 12.4 Å². The quantitative estimate of drug-likeness (QED) is 0.477. The molecule has 31 heavy (non-hydrogen) atoms. The molecule has 3 aromatic carbocycles. The first-order valence-electron chi connectivity index (χ1n) is 10.5. The zero-order valence-electron chi connectivity index (χ0n) is 18.5. The summed E-state index contributed by atoms with van der Waals surface area (Å²) in [7, 11) is 1.57. The van der Waals surface area contributed by atoms with Crippen LogP contribution in [0.2, 0.25) is 0 Å². The third-order valence-corrected chi connectivity index (χ3v) is 5.55. The maximum Gasteiger partial charge on any atom is 0.129 e.